The number of ether oxygens (including phenoxy) is 2. The van der Waals surface area contributed by atoms with Gasteiger partial charge in [-0.1, -0.05) is 144 Å². The van der Waals surface area contributed by atoms with E-state index < -0.39 is 15.8 Å². The molecular weight excluding hydrogens is 634 g/mol. The maximum atomic E-state index is 6.96. The summed E-state index contributed by atoms with van der Waals surface area (Å²) in [5, 5.41) is 7.83. The first-order chi connectivity index (χ1) is 23.7. The average molecular weight is 679 g/mol. The van der Waals surface area contributed by atoms with Crippen LogP contribution in [0.5, 0.6) is 11.5 Å². The topological polar surface area (TPSA) is 18.5 Å². The summed E-state index contributed by atoms with van der Waals surface area (Å²) in [6, 6.07) is 49.8. The molecule has 0 spiro atoms. The van der Waals surface area contributed by atoms with E-state index in [1.165, 1.54) is 54.1 Å². The Morgan fingerprint density at radius 2 is 0.694 bits per heavy atom. The van der Waals surface area contributed by atoms with Crippen LogP contribution in [0.2, 0.25) is 0 Å². The fraction of sp³-hybridized carbons (Fsp3) is 0.200. The first kappa shape index (κ1) is 33.3. The molecule has 0 N–H and O–H groups in total. The summed E-state index contributed by atoms with van der Waals surface area (Å²) in [6.45, 7) is 13.0. The third kappa shape index (κ3) is 7.10. The summed E-state index contributed by atoms with van der Waals surface area (Å²) < 4.78 is 13.9. The minimum atomic E-state index is -0.942. The maximum Gasteiger partial charge on any atom is 0.128 e. The Morgan fingerprint density at radius 3 is 0.980 bits per heavy atom. The lowest BCUT2D eigenvalue weighted by Gasteiger charge is -2.29. The van der Waals surface area contributed by atoms with Crippen LogP contribution in [0.3, 0.4) is 0 Å². The molecule has 246 valence electrons. The normalized spacial score (nSPS) is 15.8. The summed E-state index contributed by atoms with van der Waals surface area (Å²) in [5.41, 5.74) is 7.34. The third-order valence-electron chi connectivity index (χ3n) is 9.23. The highest BCUT2D eigenvalue weighted by molar-refractivity contribution is 7.80. The van der Waals surface area contributed by atoms with Crippen LogP contribution in [0.25, 0.3) is 11.1 Å². The van der Waals surface area contributed by atoms with Crippen molar-refractivity contribution >= 4 is 47.7 Å². The molecule has 0 aliphatic carbocycles. The average Bonchev–Trinajstić information content (AvgIpc) is 3.14. The molecule has 0 fully saturated rings. The summed E-state index contributed by atoms with van der Waals surface area (Å²) in [4.78, 5) is 0. The lowest BCUT2D eigenvalue weighted by Crippen LogP contribution is -2.27. The highest BCUT2D eigenvalue weighted by atomic mass is 31.1. The molecule has 0 saturated heterocycles. The van der Waals surface area contributed by atoms with Gasteiger partial charge in [-0.2, -0.15) is 0 Å². The number of hydrogen-bond acceptors (Lipinski definition) is 2. The molecule has 49 heavy (non-hydrogen) atoms. The van der Waals surface area contributed by atoms with Gasteiger partial charge in [-0.25, -0.2) is 0 Å². The van der Waals surface area contributed by atoms with Crippen molar-refractivity contribution in [2.75, 3.05) is 0 Å². The van der Waals surface area contributed by atoms with Crippen molar-refractivity contribution in [2.45, 2.75) is 60.2 Å². The standard InChI is InChI=1S/C45H44O2P2/c1-30-13-21-36(22-14-30)48(37-23-15-31(2)16-24-37)42-11-7-9-40-44(42)45-41(47-35(6)29-34(5)46-40)10-8-12-43(45)49(38-25-17-32(3)18-26-38)39-27-19-33(4)20-28-39/h7-28,34-35H,29H2,1-6H3/t34-,35-/m1/s1. The minimum Gasteiger partial charge on any atom is -0.490 e. The van der Waals surface area contributed by atoms with Gasteiger partial charge in [0.2, 0.25) is 0 Å². The van der Waals surface area contributed by atoms with E-state index in [0.717, 1.165) is 29.0 Å². The van der Waals surface area contributed by atoms with Gasteiger partial charge < -0.3 is 9.47 Å². The zero-order valence-corrected chi connectivity index (χ0v) is 31.1. The third-order valence-corrected chi connectivity index (χ3v) is 14.2. The van der Waals surface area contributed by atoms with Gasteiger partial charge in [0.15, 0.2) is 0 Å². The number of fused-ring (bicyclic) bond motifs is 3. The van der Waals surface area contributed by atoms with Gasteiger partial charge in [0.25, 0.3) is 0 Å². The molecule has 0 saturated carbocycles. The Morgan fingerprint density at radius 1 is 0.408 bits per heavy atom. The molecule has 0 amide bonds. The Labute approximate surface area is 294 Å². The first-order valence-corrected chi connectivity index (χ1v) is 19.9. The molecule has 1 aliphatic rings. The molecule has 7 rings (SSSR count). The molecule has 0 aromatic heterocycles. The number of benzene rings is 6. The molecule has 2 nitrogen and oxygen atoms in total. The summed E-state index contributed by atoms with van der Waals surface area (Å²) in [6.07, 6.45) is 0.771. The first-order valence-electron chi connectivity index (χ1n) is 17.2. The maximum absolute atomic E-state index is 6.96. The van der Waals surface area contributed by atoms with E-state index in [1.807, 2.05) is 0 Å². The van der Waals surface area contributed by atoms with Crippen LogP contribution >= 0.6 is 15.8 Å². The molecule has 0 unspecified atom stereocenters. The quantitative estimate of drug-likeness (QED) is 0.164. The number of aryl methyl sites for hydroxylation is 4. The molecule has 0 bridgehead atoms. The van der Waals surface area contributed by atoms with Gasteiger partial charge in [0.1, 0.15) is 11.5 Å². The SMILES string of the molecule is Cc1ccc(P(c2ccc(C)cc2)c2cccc3c2-c2c(cccc2P(c2ccc(C)cc2)c2ccc(C)cc2)O[C@H](C)C[C@@H](C)O3)cc1. The summed E-state index contributed by atoms with van der Waals surface area (Å²) in [5.74, 6) is 1.84. The smallest absolute Gasteiger partial charge is 0.128 e. The Balaban J connectivity index is 1.57. The monoisotopic (exact) mass is 678 g/mol. The molecule has 6 aromatic carbocycles. The highest BCUT2D eigenvalue weighted by Gasteiger charge is 2.32. The Kier molecular flexibility index (Phi) is 9.73. The predicted octanol–water partition coefficient (Wildman–Crippen LogP) is 9.04. The largest absolute Gasteiger partial charge is 0.490 e. The van der Waals surface area contributed by atoms with E-state index in [4.69, 9.17) is 9.47 Å². The van der Waals surface area contributed by atoms with Gasteiger partial charge >= 0.3 is 0 Å². The van der Waals surface area contributed by atoms with E-state index in [9.17, 15) is 0 Å². The van der Waals surface area contributed by atoms with E-state index in [1.54, 1.807) is 0 Å². The molecule has 2 atom stereocenters. The second kappa shape index (κ2) is 14.3. The molecule has 4 heteroatoms. The highest BCUT2D eigenvalue weighted by Crippen LogP contribution is 2.48. The van der Waals surface area contributed by atoms with E-state index in [2.05, 4.69) is 175 Å². The van der Waals surface area contributed by atoms with Gasteiger partial charge in [0, 0.05) is 17.5 Å². The molecular formula is C45H44O2P2. The fourth-order valence-electron chi connectivity index (χ4n) is 6.74. The minimum absolute atomic E-state index is 0.0116. The molecule has 1 heterocycles. The van der Waals surface area contributed by atoms with Crippen LogP contribution in [0.4, 0.5) is 0 Å². The van der Waals surface area contributed by atoms with Crippen LogP contribution in [-0.2, 0) is 0 Å². The van der Waals surface area contributed by atoms with Crippen molar-refractivity contribution in [3.8, 4) is 22.6 Å². The molecule has 0 radical (unpaired) electrons. The van der Waals surface area contributed by atoms with Gasteiger partial charge in [-0.15, -0.1) is 0 Å². The Hall–Kier alpha value is -4.22. The van der Waals surface area contributed by atoms with Crippen LogP contribution in [0.1, 0.15) is 42.5 Å². The zero-order valence-electron chi connectivity index (χ0n) is 29.3. The van der Waals surface area contributed by atoms with Gasteiger partial charge in [0.05, 0.1) is 12.2 Å². The van der Waals surface area contributed by atoms with Crippen molar-refractivity contribution in [1.82, 2.24) is 0 Å². The van der Waals surface area contributed by atoms with Crippen LogP contribution in [-0.4, -0.2) is 12.2 Å². The van der Waals surface area contributed by atoms with Crippen LogP contribution in [0, 0.1) is 27.7 Å². The van der Waals surface area contributed by atoms with Crippen LogP contribution in [0.15, 0.2) is 133 Å². The second-order valence-corrected chi connectivity index (χ2v) is 17.8. The van der Waals surface area contributed by atoms with Crippen molar-refractivity contribution in [3.05, 3.63) is 156 Å². The fourth-order valence-corrected chi connectivity index (χ4v) is 11.6. The lowest BCUT2D eigenvalue weighted by molar-refractivity contribution is 0.134. The van der Waals surface area contributed by atoms with Crippen LogP contribution < -0.4 is 41.3 Å². The summed E-state index contributed by atoms with van der Waals surface area (Å²) in [7, 11) is -1.88. The second-order valence-electron chi connectivity index (χ2n) is 13.4. The molecule has 1 aliphatic heterocycles. The van der Waals surface area contributed by atoms with E-state index >= 15 is 0 Å². The summed E-state index contributed by atoms with van der Waals surface area (Å²) >= 11 is 0. The van der Waals surface area contributed by atoms with Gasteiger partial charge in [-0.3, -0.25) is 0 Å². The van der Waals surface area contributed by atoms with E-state index in [-0.39, 0.29) is 12.2 Å². The van der Waals surface area contributed by atoms with Gasteiger partial charge in [-0.05, 0) is 101 Å². The Bertz CT molecular complexity index is 1810. The number of rotatable bonds is 6. The van der Waals surface area contributed by atoms with Crippen molar-refractivity contribution in [3.63, 3.8) is 0 Å². The molecule has 6 aromatic rings. The van der Waals surface area contributed by atoms with E-state index in [0.29, 0.717) is 0 Å². The zero-order chi connectivity index (χ0) is 34.1. The predicted molar refractivity (Wildman–Crippen MR) is 213 cm³/mol. The van der Waals surface area contributed by atoms with Crippen molar-refractivity contribution in [1.29, 1.82) is 0 Å². The number of hydrogen-bond donors (Lipinski definition) is 0. The van der Waals surface area contributed by atoms with Crippen molar-refractivity contribution in [2.24, 2.45) is 0 Å². The van der Waals surface area contributed by atoms with Crippen molar-refractivity contribution < 1.29 is 9.47 Å². The lowest BCUT2D eigenvalue weighted by atomic mass is 10.0.